The van der Waals surface area contributed by atoms with Gasteiger partial charge >= 0.3 is 0 Å². The van der Waals surface area contributed by atoms with Crippen molar-refractivity contribution in [3.8, 4) is 0 Å². The lowest BCUT2D eigenvalue weighted by molar-refractivity contribution is -0.643. The van der Waals surface area contributed by atoms with Gasteiger partial charge in [-0.05, 0) is 60.0 Å². The fraction of sp³-hybridized carbons (Fsp3) is 0.214. The van der Waals surface area contributed by atoms with Crippen molar-refractivity contribution < 1.29 is 4.57 Å². The number of pyridine rings is 2. The highest BCUT2D eigenvalue weighted by atomic mass is 15.0. The molecule has 150 valence electrons. The van der Waals surface area contributed by atoms with Gasteiger partial charge in [0, 0.05) is 22.4 Å². The fourth-order valence-corrected chi connectivity index (χ4v) is 5.32. The highest BCUT2D eigenvalue weighted by molar-refractivity contribution is 6.26. The molecule has 3 aromatic heterocycles. The molecule has 6 rings (SSSR count). The molecule has 3 aromatic carbocycles. The third kappa shape index (κ3) is 2.20. The van der Waals surface area contributed by atoms with Crippen molar-refractivity contribution in [2.75, 3.05) is 0 Å². The fourth-order valence-electron chi connectivity index (χ4n) is 5.32. The average molecular weight is 403 g/mol. The van der Waals surface area contributed by atoms with Crippen LogP contribution in [0, 0.1) is 20.4 Å². The van der Waals surface area contributed by atoms with Gasteiger partial charge in [0.05, 0.1) is 28.4 Å². The van der Waals surface area contributed by atoms with Gasteiger partial charge < -0.3 is 4.40 Å². The van der Waals surface area contributed by atoms with Crippen LogP contribution in [0.3, 0.4) is 0 Å². The molecule has 31 heavy (non-hydrogen) atoms. The zero-order valence-corrected chi connectivity index (χ0v) is 18.5. The summed E-state index contributed by atoms with van der Waals surface area (Å²) in [6, 6.07) is 15.4. The smallest absolute Gasteiger partial charge is 0.224 e. The van der Waals surface area contributed by atoms with Gasteiger partial charge in [-0.2, -0.15) is 0 Å². The lowest BCUT2D eigenvalue weighted by Crippen LogP contribution is -2.29. The molecule has 0 aliphatic carbocycles. The molecule has 3 heteroatoms. The SMILES string of the molecule is [C-]#[N+]c1ccc2c3cc(C)c(C)c4c3n(c2c1)c1cc(C(C)C)cc2cc[n+](C)c4c21. The van der Waals surface area contributed by atoms with Gasteiger partial charge in [-0.1, -0.05) is 32.0 Å². The number of aryl methyl sites for hydroxylation is 3. The summed E-state index contributed by atoms with van der Waals surface area (Å²) < 4.78 is 4.69. The Morgan fingerprint density at radius 1 is 0.935 bits per heavy atom. The number of benzene rings is 3. The van der Waals surface area contributed by atoms with E-state index in [2.05, 4.69) is 91.2 Å². The van der Waals surface area contributed by atoms with Crippen LogP contribution in [0.1, 0.15) is 36.5 Å². The predicted octanol–water partition coefficient (Wildman–Crippen LogP) is 7.11. The molecule has 0 bridgehead atoms. The molecule has 0 N–H and O–H groups in total. The maximum Gasteiger partial charge on any atom is 0.224 e. The van der Waals surface area contributed by atoms with Crippen LogP contribution in [0.5, 0.6) is 0 Å². The summed E-state index contributed by atoms with van der Waals surface area (Å²) in [6.07, 6.45) is 2.19. The van der Waals surface area contributed by atoms with E-state index >= 15 is 0 Å². The van der Waals surface area contributed by atoms with E-state index in [4.69, 9.17) is 6.57 Å². The highest BCUT2D eigenvalue weighted by Crippen LogP contribution is 2.43. The van der Waals surface area contributed by atoms with E-state index in [-0.39, 0.29) is 0 Å². The topological polar surface area (TPSA) is 12.6 Å². The Hall–Kier alpha value is -3.64. The van der Waals surface area contributed by atoms with Crippen molar-refractivity contribution in [3.05, 3.63) is 76.8 Å². The minimum absolute atomic E-state index is 0.440. The first-order valence-electron chi connectivity index (χ1n) is 10.8. The standard InChI is InChI=1S/C28H24N3/c1-15(2)19-12-18-9-10-30(6)28-25-17(4)16(3)11-22-21-8-7-20(29-5)14-23(21)31(27(22)25)24(13-19)26(18)28/h7-15H,1-4,6H3/q+1. The predicted molar refractivity (Wildman–Crippen MR) is 130 cm³/mol. The van der Waals surface area contributed by atoms with Gasteiger partial charge in [0.15, 0.2) is 11.9 Å². The molecular weight excluding hydrogens is 378 g/mol. The number of hydrogen-bond acceptors (Lipinski definition) is 0. The van der Waals surface area contributed by atoms with Crippen LogP contribution < -0.4 is 4.57 Å². The molecule has 3 nitrogen and oxygen atoms in total. The first kappa shape index (κ1) is 18.2. The molecule has 6 aromatic rings. The van der Waals surface area contributed by atoms with Gasteiger partial charge in [-0.3, -0.25) is 0 Å². The van der Waals surface area contributed by atoms with E-state index in [0.29, 0.717) is 11.6 Å². The van der Waals surface area contributed by atoms with Crippen LogP contribution in [0.25, 0.3) is 53.8 Å². The highest BCUT2D eigenvalue weighted by Gasteiger charge is 2.25. The van der Waals surface area contributed by atoms with Gasteiger partial charge in [0.2, 0.25) is 5.52 Å². The van der Waals surface area contributed by atoms with E-state index < -0.39 is 0 Å². The van der Waals surface area contributed by atoms with Gasteiger partial charge in [-0.15, -0.1) is 0 Å². The summed E-state index contributed by atoms with van der Waals surface area (Å²) in [5.41, 5.74) is 9.54. The van der Waals surface area contributed by atoms with Crippen LogP contribution in [-0.4, -0.2) is 4.40 Å². The zero-order valence-electron chi connectivity index (χ0n) is 18.5. The largest absolute Gasteiger partial charge is 0.309 e. The van der Waals surface area contributed by atoms with E-state index in [9.17, 15) is 0 Å². The maximum absolute atomic E-state index is 7.57. The number of rotatable bonds is 1. The van der Waals surface area contributed by atoms with Crippen LogP contribution in [-0.2, 0) is 7.05 Å². The molecule has 0 unspecified atom stereocenters. The second kappa shape index (κ2) is 5.95. The average Bonchev–Trinajstić information content (AvgIpc) is 3.08. The molecule has 0 aliphatic rings. The van der Waals surface area contributed by atoms with Crippen molar-refractivity contribution >= 4 is 54.7 Å². The monoisotopic (exact) mass is 402 g/mol. The Bertz CT molecular complexity index is 1740. The third-order valence-corrected chi connectivity index (χ3v) is 7.07. The lowest BCUT2D eigenvalue weighted by atomic mass is 9.94. The quantitative estimate of drug-likeness (QED) is 0.120. The summed E-state index contributed by atoms with van der Waals surface area (Å²) in [7, 11) is 2.15. The van der Waals surface area contributed by atoms with E-state index in [0.717, 1.165) is 5.52 Å². The molecule has 0 saturated heterocycles. The third-order valence-electron chi connectivity index (χ3n) is 7.07. The number of fused-ring (bicyclic) bond motifs is 5. The Morgan fingerprint density at radius 2 is 1.74 bits per heavy atom. The Balaban J connectivity index is 2.08. The van der Waals surface area contributed by atoms with E-state index in [1.54, 1.807) is 0 Å². The first-order valence-corrected chi connectivity index (χ1v) is 10.8. The Labute approximate surface area is 181 Å². The summed E-state index contributed by atoms with van der Waals surface area (Å²) in [5, 5.41) is 6.36. The van der Waals surface area contributed by atoms with Crippen molar-refractivity contribution in [2.24, 2.45) is 7.05 Å². The molecule has 0 spiro atoms. The molecule has 0 radical (unpaired) electrons. The second-order valence-corrected chi connectivity index (χ2v) is 9.17. The molecule has 0 atom stereocenters. The van der Waals surface area contributed by atoms with Crippen LogP contribution in [0.15, 0.2) is 48.7 Å². The molecule has 0 aliphatic heterocycles. The summed E-state index contributed by atoms with van der Waals surface area (Å²) in [4.78, 5) is 3.73. The lowest BCUT2D eigenvalue weighted by Gasteiger charge is -2.16. The molecule has 3 heterocycles. The van der Waals surface area contributed by atoms with E-state index in [1.165, 1.54) is 60.2 Å². The molecule has 0 fully saturated rings. The Morgan fingerprint density at radius 3 is 2.48 bits per heavy atom. The van der Waals surface area contributed by atoms with Crippen LogP contribution in [0.4, 0.5) is 5.69 Å². The van der Waals surface area contributed by atoms with Crippen molar-refractivity contribution in [1.29, 1.82) is 0 Å². The second-order valence-electron chi connectivity index (χ2n) is 9.17. The number of aromatic nitrogens is 2. The maximum atomic E-state index is 7.57. The zero-order chi connectivity index (χ0) is 21.6. The summed E-state index contributed by atoms with van der Waals surface area (Å²) in [5.74, 6) is 0.440. The van der Waals surface area contributed by atoms with Gasteiger partial charge in [0.1, 0.15) is 7.05 Å². The Kier molecular flexibility index (Phi) is 3.49. The molecule has 0 amide bonds. The minimum Gasteiger partial charge on any atom is -0.309 e. The molecular formula is C28H24N3+. The van der Waals surface area contributed by atoms with Gasteiger partial charge in [0.25, 0.3) is 0 Å². The molecule has 0 saturated carbocycles. The normalized spacial score (nSPS) is 12.3. The van der Waals surface area contributed by atoms with Crippen molar-refractivity contribution in [2.45, 2.75) is 33.6 Å². The van der Waals surface area contributed by atoms with Crippen molar-refractivity contribution in [3.63, 3.8) is 0 Å². The van der Waals surface area contributed by atoms with Crippen LogP contribution >= 0.6 is 0 Å². The summed E-state index contributed by atoms with van der Waals surface area (Å²) >= 11 is 0. The summed E-state index contributed by atoms with van der Waals surface area (Å²) in [6.45, 7) is 16.5. The van der Waals surface area contributed by atoms with E-state index in [1.807, 2.05) is 6.07 Å². The number of hydrogen-bond donors (Lipinski definition) is 0. The van der Waals surface area contributed by atoms with Crippen LogP contribution in [0.2, 0.25) is 0 Å². The first-order chi connectivity index (χ1) is 14.9. The van der Waals surface area contributed by atoms with Crippen molar-refractivity contribution in [1.82, 2.24) is 4.40 Å². The number of nitrogens with zero attached hydrogens (tertiary/aromatic N) is 3. The van der Waals surface area contributed by atoms with Gasteiger partial charge in [-0.25, -0.2) is 9.41 Å². The minimum atomic E-state index is 0.440.